The molecule has 0 aromatic heterocycles. The number of hydrogen-bond donors (Lipinski definition) is 1. The van der Waals surface area contributed by atoms with Gasteiger partial charge >= 0.3 is 0 Å². The van der Waals surface area contributed by atoms with E-state index in [1.807, 2.05) is 0 Å². The van der Waals surface area contributed by atoms with E-state index in [0.29, 0.717) is 5.03 Å². The van der Waals surface area contributed by atoms with Crippen molar-refractivity contribution >= 4 is 11.6 Å². The fourth-order valence-electron chi connectivity index (χ4n) is 1.55. The Hall–Kier alpha value is -0.190. The summed E-state index contributed by atoms with van der Waals surface area (Å²) in [5.41, 5.74) is 0. The van der Waals surface area contributed by atoms with Crippen molar-refractivity contribution in [2.45, 2.75) is 18.4 Å². The molecular weight excluding hydrogens is 200 g/mol. The molecule has 1 aliphatic rings. The maximum absolute atomic E-state index is 12.9. The lowest BCUT2D eigenvalue weighted by atomic mass is 10.2. The van der Waals surface area contributed by atoms with Crippen molar-refractivity contribution < 1.29 is 13.9 Å². The number of halogens is 3. The van der Waals surface area contributed by atoms with Crippen LogP contribution in [-0.4, -0.2) is 41.7 Å². The van der Waals surface area contributed by atoms with Gasteiger partial charge in [-0.25, -0.2) is 8.78 Å². The summed E-state index contributed by atoms with van der Waals surface area (Å²) < 4.78 is 25.7. The number of likely N-dealkylation sites (tertiary alicyclic amines) is 1. The van der Waals surface area contributed by atoms with E-state index < -0.39 is 12.0 Å². The molecule has 0 spiro atoms. The summed E-state index contributed by atoms with van der Waals surface area (Å²) in [6.07, 6.45) is -0.298. The van der Waals surface area contributed by atoms with Gasteiger partial charge in [-0.1, -0.05) is 18.2 Å². The van der Waals surface area contributed by atoms with Crippen LogP contribution in [0.2, 0.25) is 0 Å². The molecule has 2 nitrogen and oxygen atoms in total. The standard InChI is InChI=1S/C8H12ClF2NO/c1-6(9)3-12-5-8(10,11)2-7(12)4-13/h7,13H,1-5H2. The first-order valence-electron chi connectivity index (χ1n) is 4.00. The van der Waals surface area contributed by atoms with Crippen LogP contribution in [0.4, 0.5) is 8.78 Å². The Labute approximate surface area is 80.8 Å². The predicted octanol–water partition coefficient (Wildman–Crippen LogP) is 1.44. The summed E-state index contributed by atoms with van der Waals surface area (Å²) in [6, 6.07) is -0.495. The molecule has 1 fully saturated rings. The van der Waals surface area contributed by atoms with Crippen LogP contribution in [0, 0.1) is 0 Å². The third-order valence-corrected chi connectivity index (χ3v) is 2.19. The monoisotopic (exact) mass is 211 g/mol. The first-order chi connectivity index (χ1) is 5.94. The lowest BCUT2D eigenvalue weighted by molar-refractivity contribution is 0.0125. The molecule has 1 N–H and O–H groups in total. The van der Waals surface area contributed by atoms with Gasteiger partial charge in [-0.15, -0.1) is 0 Å². The van der Waals surface area contributed by atoms with Crippen molar-refractivity contribution in [2.24, 2.45) is 0 Å². The van der Waals surface area contributed by atoms with Gasteiger partial charge in [0.1, 0.15) is 0 Å². The highest BCUT2D eigenvalue weighted by Crippen LogP contribution is 2.32. The predicted molar refractivity (Wildman–Crippen MR) is 47.0 cm³/mol. The van der Waals surface area contributed by atoms with Crippen LogP contribution in [0.1, 0.15) is 6.42 Å². The van der Waals surface area contributed by atoms with Crippen molar-refractivity contribution in [1.82, 2.24) is 4.90 Å². The molecule has 0 radical (unpaired) electrons. The summed E-state index contributed by atoms with van der Waals surface area (Å²) in [7, 11) is 0. The topological polar surface area (TPSA) is 23.5 Å². The minimum atomic E-state index is -2.71. The van der Waals surface area contributed by atoms with Crippen molar-refractivity contribution in [3.05, 3.63) is 11.6 Å². The zero-order chi connectivity index (χ0) is 10.1. The second-order valence-electron chi connectivity index (χ2n) is 3.32. The van der Waals surface area contributed by atoms with E-state index in [1.54, 1.807) is 0 Å². The van der Waals surface area contributed by atoms with E-state index in [0.717, 1.165) is 0 Å². The quantitative estimate of drug-likeness (QED) is 0.764. The molecule has 1 rings (SSSR count). The SMILES string of the molecule is C=C(Cl)CN1CC(F)(F)CC1CO. The van der Waals surface area contributed by atoms with Crippen molar-refractivity contribution in [2.75, 3.05) is 19.7 Å². The van der Waals surface area contributed by atoms with E-state index in [1.165, 1.54) is 4.90 Å². The maximum Gasteiger partial charge on any atom is 0.262 e. The van der Waals surface area contributed by atoms with Crippen LogP contribution in [0.25, 0.3) is 0 Å². The fraction of sp³-hybridized carbons (Fsp3) is 0.750. The molecule has 0 saturated carbocycles. The molecule has 0 aromatic carbocycles. The fourth-order valence-corrected chi connectivity index (χ4v) is 1.70. The van der Waals surface area contributed by atoms with Crippen LogP contribution in [0.15, 0.2) is 11.6 Å². The van der Waals surface area contributed by atoms with Crippen molar-refractivity contribution in [3.63, 3.8) is 0 Å². The van der Waals surface area contributed by atoms with Gasteiger partial charge in [-0.2, -0.15) is 0 Å². The van der Waals surface area contributed by atoms with E-state index in [9.17, 15) is 8.78 Å². The number of rotatable bonds is 3. The zero-order valence-corrected chi connectivity index (χ0v) is 7.90. The molecule has 0 aromatic rings. The minimum absolute atomic E-state index is 0.211. The van der Waals surface area contributed by atoms with Gasteiger partial charge in [0, 0.05) is 24.0 Å². The molecule has 1 saturated heterocycles. The lowest BCUT2D eigenvalue weighted by Crippen LogP contribution is -2.33. The summed E-state index contributed by atoms with van der Waals surface area (Å²) >= 11 is 5.51. The summed E-state index contributed by atoms with van der Waals surface area (Å²) in [5, 5.41) is 9.15. The molecule has 1 unspecified atom stereocenters. The highest BCUT2D eigenvalue weighted by atomic mass is 35.5. The third kappa shape index (κ3) is 2.90. The Morgan fingerprint density at radius 3 is 2.77 bits per heavy atom. The Kier molecular flexibility index (Phi) is 3.27. The van der Waals surface area contributed by atoms with Gasteiger partial charge in [0.15, 0.2) is 0 Å². The molecule has 1 aliphatic heterocycles. The second kappa shape index (κ2) is 3.90. The second-order valence-corrected chi connectivity index (χ2v) is 3.85. The van der Waals surface area contributed by atoms with Gasteiger partial charge in [-0.05, 0) is 0 Å². The molecule has 13 heavy (non-hydrogen) atoms. The van der Waals surface area contributed by atoms with Gasteiger partial charge in [0.25, 0.3) is 5.92 Å². The maximum atomic E-state index is 12.9. The lowest BCUT2D eigenvalue weighted by Gasteiger charge is -2.20. The number of aliphatic hydroxyl groups excluding tert-OH is 1. The Bertz CT molecular complexity index is 210. The minimum Gasteiger partial charge on any atom is -0.395 e. The van der Waals surface area contributed by atoms with Crippen LogP contribution < -0.4 is 0 Å². The van der Waals surface area contributed by atoms with Crippen molar-refractivity contribution in [1.29, 1.82) is 0 Å². The Morgan fingerprint density at radius 2 is 2.31 bits per heavy atom. The van der Waals surface area contributed by atoms with Crippen LogP contribution >= 0.6 is 11.6 Å². The van der Waals surface area contributed by atoms with E-state index in [2.05, 4.69) is 6.58 Å². The molecule has 5 heteroatoms. The molecule has 1 atom stereocenters. The molecule has 0 amide bonds. The first-order valence-corrected chi connectivity index (χ1v) is 4.38. The summed E-state index contributed by atoms with van der Waals surface area (Å²) in [4.78, 5) is 1.45. The highest BCUT2D eigenvalue weighted by molar-refractivity contribution is 6.29. The average molecular weight is 212 g/mol. The molecule has 0 bridgehead atoms. The van der Waals surface area contributed by atoms with E-state index in [-0.39, 0.29) is 26.1 Å². The molecule has 1 heterocycles. The zero-order valence-electron chi connectivity index (χ0n) is 7.14. The highest BCUT2D eigenvalue weighted by Gasteiger charge is 2.44. The van der Waals surface area contributed by atoms with Crippen LogP contribution in [-0.2, 0) is 0 Å². The van der Waals surface area contributed by atoms with Gasteiger partial charge in [0.2, 0.25) is 0 Å². The van der Waals surface area contributed by atoms with E-state index in [4.69, 9.17) is 16.7 Å². The Morgan fingerprint density at radius 1 is 1.69 bits per heavy atom. The number of hydrogen-bond acceptors (Lipinski definition) is 2. The van der Waals surface area contributed by atoms with Crippen LogP contribution in [0.5, 0.6) is 0 Å². The summed E-state index contributed by atoms with van der Waals surface area (Å²) in [6.45, 7) is 3.04. The molecule has 0 aliphatic carbocycles. The average Bonchev–Trinajstić information content (AvgIpc) is 2.24. The number of nitrogens with zero attached hydrogens (tertiary/aromatic N) is 1. The first kappa shape index (κ1) is 10.9. The van der Waals surface area contributed by atoms with Gasteiger partial charge in [0.05, 0.1) is 13.2 Å². The normalized spacial score (nSPS) is 27.8. The largest absolute Gasteiger partial charge is 0.395 e. The van der Waals surface area contributed by atoms with Gasteiger partial charge < -0.3 is 5.11 Å². The van der Waals surface area contributed by atoms with Gasteiger partial charge in [-0.3, -0.25) is 4.90 Å². The third-order valence-electron chi connectivity index (χ3n) is 2.07. The smallest absolute Gasteiger partial charge is 0.262 e. The van der Waals surface area contributed by atoms with Crippen LogP contribution in [0.3, 0.4) is 0 Å². The number of alkyl halides is 2. The molecular formula is C8H12ClF2NO. The number of aliphatic hydroxyl groups is 1. The summed E-state index contributed by atoms with van der Waals surface area (Å²) in [5.74, 6) is -2.71. The van der Waals surface area contributed by atoms with Crippen molar-refractivity contribution in [3.8, 4) is 0 Å². The van der Waals surface area contributed by atoms with E-state index >= 15 is 0 Å². The molecule has 76 valence electrons. The Balaban J connectivity index is 2.58.